The molecule has 0 spiro atoms. The maximum absolute atomic E-state index is 10.8. The summed E-state index contributed by atoms with van der Waals surface area (Å²) in [5, 5.41) is 12.2. The predicted octanol–water partition coefficient (Wildman–Crippen LogP) is 2.69. The molecule has 1 fully saturated rings. The van der Waals surface area contributed by atoms with Crippen LogP contribution in [0.1, 0.15) is 42.2 Å². The molecular formula is C13H18N2O2. The van der Waals surface area contributed by atoms with Crippen molar-refractivity contribution in [2.75, 3.05) is 5.32 Å². The summed E-state index contributed by atoms with van der Waals surface area (Å²) in [6, 6.07) is 3.74. The highest BCUT2D eigenvalue weighted by Gasteiger charge is 2.23. The lowest BCUT2D eigenvalue weighted by atomic mass is 10.1. The van der Waals surface area contributed by atoms with Crippen LogP contribution in [0, 0.1) is 12.8 Å². The highest BCUT2D eigenvalue weighted by Crippen LogP contribution is 2.33. The fraction of sp³-hybridized carbons (Fsp3) is 0.538. The number of hydrogen-bond donors (Lipinski definition) is 2. The summed E-state index contributed by atoms with van der Waals surface area (Å²) in [5.74, 6) is 0.713. The van der Waals surface area contributed by atoms with E-state index in [-0.39, 0.29) is 5.56 Å². The van der Waals surface area contributed by atoms with Crippen LogP contribution in [0.2, 0.25) is 0 Å². The summed E-state index contributed by atoms with van der Waals surface area (Å²) < 4.78 is 0. The molecule has 4 heteroatoms. The Kier molecular flexibility index (Phi) is 3.31. The molecule has 0 aromatic carbocycles. The molecule has 0 saturated heterocycles. The van der Waals surface area contributed by atoms with Gasteiger partial charge in [-0.3, -0.25) is 0 Å². The first-order valence-electron chi connectivity index (χ1n) is 6.03. The van der Waals surface area contributed by atoms with Crippen molar-refractivity contribution in [2.24, 2.45) is 5.92 Å². The van der Waals surface area contributed by atoms with Gasteiger partial charge >= 0.3 is 5.97 Å². The van der Waals surface area contributed by atoms with Crippen LogP contribution < -0.4 is 5.32 Å². The van der Waals surface area contributed by atoms with Gasteiger partial charge in [-0.2, -0.15) is 0 Å². The molecule has 2 rings (SSSR count). The summed E-state index contributed by atoms with van der Waals surface area (Å²) in [7, 11) is 0. The summed E-state index contributed by atoms with van der Waals surface area (Å²) in [6.45, 7) is 3.86. The van der Waals surface area contributed by atoms with E-state index in [0.29, 0.717) is 11.7 Å². The summed E-state index contributed by atoms with van der Waals surface area (Å²) in [6.07, 6.45) is 3.86. The smallest absolute Gasteiger partial charge is 0.337 e. The van der Waals surface area contributed by atoms with Gasteiger partial charge in [-0.1, -0.05) is 12.8 Å². The van der Waals surface area contributed by atoms with Crippen LogP contribution in [0.5, 0.6) is 0 Å². The molecule has 0 aliphatic heterocycles. The van der Waals surface area contributed by atoms with E-state index in [9.17, 15) is 4.79 Å². The molecule has 2 N–H and O–H groups in total. The first kappa shape index (κ1) is 11.9. The number of aryl methyl sites for hydroxylation is 1. The summed E-state index contributed by atoms with van der Waals surface area (Å²) in [5.41, 5.74) is 0.825. The number of rotatable bonds is 5. The van der Waals surface area contributed by atoms with Crippen molar-refractivity contribution in [2.45, 2.75) is 39.2 Å². The average Bonchev–Trinajstić information content (AvgIpc) is 3.00. The molecule has 1 unspecified atom stereocenters. The number of nitrogens with one attached hydrogen (secondary N) is 1. The molecule has 1 aromatic rings. The third kappa shape index (κ3) is 3.19. The van der Waals surface area contributed by atoms with E-state index >= 15 is 0 Å². The number of carboxylic acids is 1. The zero-order valence-corrected chi connectivity index (χ0v) is 10.2. The van der Waals surface area contributed by atoms with Crippen molar-refractivity contribution in [3.63, 3.8) is 0 Å². The molecule has 1 aliphatic carbocycles. The van der Waals surface area contributed by atoms with Crippen molar-refractivity contribution in [3.05, 3.63) is 23.4 Å². The van der Waals surface area contributed by atoms with Crippen molar-refractivity contribution >= 4 is 11.8 Å². The minimum atomic E-state index is -0.924. The maximum atomic E-state index is 10.8. The first-order chi connectivity index (χ1) is 8.06. The molecule has 0 radical (unpaired) electrons. The van der Waals surface area contributed by atoms with Gasteiger partial charge in [-0.15, -0.1) is 0 Å². The zero-order valence-electron chi connectivity index (χ0n) is 10.2. The van der Waals surface area contributed by atoms with E-state index < -0.39 is 5.97 Å². The van der Waals surface area contributed by atoms with Crippen LogP contribution in [0.3, 0.4) is 0 Å². The van der Waals surface area contributed by atoms with Gasteiger partial charge in [0, 0.05) is 6.04 Å². The largest absolute Gasteiger partial charge is 0.478 e. The minimum Gasteiger partial charge on any atom is -0.478 e. The highest BCUT2D eigenvalue weighted by molar-refractivity contribution is 5.89. The summed E-state index contributed by atoms with van der Waals surface area (Å²) in [4.78, 5) is 15.1. The van der Waals surface area contributed by atoms with Crippen molar-refractivity contribution in [3.8, 4) is 0 Å². The second kappa shape index (κ2) is 4.73. The van der Waals surface area contributed by atoms with Crippen LogP contribution in [-0.4, -0.2) is 22.1 Å². The molecular weight excluding hydrogens is 216 g/mol. The van der Waals surface area contributed by atoms with Gasteiger partial charge < -0.3 is 10.4 Å². The van der Waals surface area contributed by atoms with Crippen molar-refractivity contribution < 1.29 is 9.90 Å². The van der Waals surface area contributed by atoms with Gasteiger partial charge in [0.1, 0.15) is 5.82 Å². The number of anilines is 1. The molecule has 4 nitrogen and oxygen atoms in total. The molecule has 1 aromatic heterocycles. The normalized spacial score (nSPS) is 16.6. The van der Waals surface area contributed by atoms with E-state index in [2.05, 4.69) is 17.2 Å². The second-order valence-electron chi connectivity index (χ2n) is 4.86. The van der Waals surface area contributed by atoms with Crippen LogP contribution in [0.25, 0.3) is 0 Å². The molecule has 0 amide bonds. The second-order valence-corrected chi connectivity index (χ2v) is 4.86. The van der Waals surface area contributed by atoms with Crippen LogP contribution in [0.4, 0.5) is 5.82 Å². The molecule has 1 atom stereocenters. The number of carbonyl (C=O) groups is 1. The third-order valence-electron chi connectivity index (χ3n) is 3.09. The number of aromatic carboxylic acids is 1. The predicted molar refractivity (Wildman–Crippen MR) is 66.4 cm³/mol. The van der Waals surface area contributed by atoms with Crippen LogP contribution in [-0.2, 0) is 0 Å². The van der Waals surface area contributed by atoms with Crippen LogP contribution in [0.15, 0.2) is 12.1 Å². The SMILES string of the molecule is Cc1nc(NC(C)CC2CC2)ccc1C(=O)O. The number of aromatic nitrogens is 1. The van der Waals surface area contributed by atoms with Gasteiger partial charge in [0.15, 0.2) is 0 Å². The number of nitrogens with zero attached hydrogens (tertiary/aromatic N) is 1. The van der Waals surface area contributed by atoms with E-state index in [0.717, 1.165) is 11.7 Å². The monoisotopic (exact) mass is 234 g/mol. The fourth-order valence-corrected chi connectivity index (χ4v) is 2.03. The molecule has 92 valence electrons. The quantitative estimate of drug-likeness (QED) is 0.822. The maximum Gasteiger partial charge on any atom is 0.337 e. The van der Waals surface area contributed by atoms with Crippen molar-refractivity contribution in [1.29, 1.82) is 0 Å². The highest BCUT2D eigenvalue weighted by atomic mass is 16.4. The minimum absolute atomic E-state index is 0.269. The lowest BCUT2D eigenvalue weighted by Crippen LogP contribution is -2.17. The number of carboxylic acid groups (broad SMARTS) is 1. The molecule has 17 heavy (non-hydrogen) atoms. The Hall–Kier alpha value is -1.58. The Morgan fingerprint density at radius 3 is 2.82 bits per heavy atom. The van der Waals surface area contributed by atoms with Gasteiger partial charge in [0.2, 0.25) is 0 Å². The summed E-state index contributed by atoms with van der Waals surface area (Å²) >= 11 is 0. The van der Waals surface area contributed by atoms with E-state index in [1.54, 1.807) is 19.1 Å². The van der Waals surface area contributed by atoms with Crippen molar-refractivity contribution in [1.82, 2.24) is 4.98 Å². The van der Waals surface area contributed by atoms with Gasteiger partial charge in [0.25, 0.3) is 0 Å². The lowest BCUT2D eigenvalue weighted by molar-refractivity contribution is 0.0695. The Morgan fingerprint density at radius 1 is 1.59 bits per heavy atom. The lowest BCUT2D eigenvalue weighted by Gasteiger charge is -2.14. The molecule has 1 heterocycles. The average molecular weight is 234 g/mol. The van der Waals surface area contributed by atoms with Gasteiger partial charge in [-0.25, -0.2) is 9.78 Å². The molecule has 1 aliphatic rings. The molecule has 1 saturated carbocycles. The number of pyridine rings is 1. The topological polar surface area (TPSA) is 62.2 Å². The van der Waals surface area contributed by atoms with Gasteiger partial charge in [-0.05, 0) is 38.3 Å². The van der Waals surface area contributed by atoms with Gasteiger partial charge in [0.05, 0.1) is 11.3 Å². The van der Waals surface area contributed by atoms with E-state index in [4.69, 9.17) is 5.11 Å². The van der Waals surface area contributed by atoms with Crippen LogP contribution >= 0.6 is 0 Å². The van der Waals surface area contributed by atoms with E-state index in [1.165, 1.54) is 19.3 Å². The number of hydrogen-bond acceptors (Lipinski definition) is 3. The Bertz CT molecular complexity index is 427. The molecule has 0 bridgehead atoms. The standard InChI is InChI=1S/C13H18N2O2/c1-8(7-10-3-4-10)14-12-6-5-11(13(16)17)9(2)15-12/h5-6,8,10H,3-4,7H2,1-2H3,(H,14,15)(H,16,17). The third-order valence-corrected chi connectivity index (χ3v) is 3.09. The van der Waals surface area contributed by atoms with E-state index in [1.807, 2.05) is 0 Å². The zero-order chi connectivity index (χ0) is 12.4. The Balaban J connectivity index is 2.00. The first-order valence-corrected chi connectivity index (χ1v) is 6.03. The Morgan fingerprint density at radius 2 is 2.29 bits per heavy atom. The Labute approximate surface area is 101 Å². The fourth-order valence-electron chi connectivity index (χ4n) is 2.03.